The number of aryl methyl sites for hydroxylation is 1. The molecule has 1 heterocycles. The summed E-state index contributed by atoms with van der Waals surface area (Å²) in [5.74, 6) is 0. The summed E-state index contributed by atoms with van der Waals surface area (Å²) in [6.45, 7) is 6.90. The average molecular weight is 296 g/mol. The molecule has 0 spiro atoms. The van der Waals surface area contributed by atoms with Crippen LogP contribution in [0.3, 0.4) is 0 Å². The molecule has 1 aromatic rings. The highest BCUT2D eigenvalue weighted by Gasteiger charge is 2.24. The minimum atomic E-state index is -3.43. The van der Waals surface area contributed by atoms with Crippen LogP contribution in [0.2, 0.25) is 0 Å². The number of hydrogen-bond acceptors (Lipinski definition) is 3. The molecule has 1 unspecified atom stereocenters. The van der Waals surface area contributed by atoms with Crippen LogP contribution in [0.25, 0.3) is 0 Å². The highest BCUT2D eigenvalue weighted by Crippen LogP contribution is 2.31. The zero-order valence-corrected chi connectivity index (χ0v) is 13.3. The summed E-state index contributed by atoms with van der Waals surface area (Å²) >= 11 is 0. The van der Waals surface area contributed by atoms with Gasteiger partial charge in [0, 0.05) is 18.3 Å². The lowest BCUT2D eigenvalue weighted by atomic mass is 10.00. The highest BCUT2D eigenvalue weighted by atomic mass is 32.2. The number of nitrogens with one attached hydrogen (secondary N) is 2. The van der Waals surface area contributed by atoms with E-state index in [1.54, 1.807) is 6.07 Å². The van der Waals surface area contributed by atoms with Gasteiger partial charge in [-0.3, -0.25) is 0 Å². The Hall–Kier alpha value is -1.07. The fraction of sp³-hybridized carbons (Fsp3) is 0.600. The van der Waals surface area contributed by atoms with Crippen molar-refractivity contribution >= 4 is 15.7 Å². The van der Waals surface area contributed by atoms with Crippen LogP contribution in [0.1, 0.15) is 44.2 Å². The third kappa shape index (κ3) is 3.15. The second-order valence-electron chi connectivity index (χ2n) is 5.58. The Balaban J connectivity index is 2.37. The Morgan fingerprint density at radius 1 is 1.40 bits per heavy atom. The normalized spacial score (nSPS) is 16.4. The number of fused-ring (bicyclic) bond motifs is 1. The van der Waals surface area contributed by atoms with E-state index in [-0.39, 0.29) is 6.04 Å². The fourth-order valence-electron chi connectivity index (χ4n) is 2.79. The van der Waals surface area contributed by atoms with Gasteiger partial charge in [-0.1, -0.05) is 19.4 Å². The summed E-state index contributed by atoms with van der Waals surface area (Å²) in [5, 5.41) is 3.33. The molecular weight excluding hydrogens is 272 g/mol. The first-order valence-electron chi connectivity index (χ1n) is 7.34. The van der Waals surface area contributed by atoms with E-state index in [9.17, 15) is 8.42 Å². The standard InChI is InChI=1S/C15H24N2O2S/c1-4-6-12(3)17-20(18,19)14-9-8-11(2)15-13(14)7-5-10-16-15/h8-9,12,16-17H,4-7,10H2,1-3H3. The molecule has 1 aromatic carbocycles. The molecule has 0 aliphatic carbocycles. The van der Waals surface area contributed by atoms with E-state index in [2.05, 4.69) is 17.0 Å². The van der Waals surface area contributed by atoms with Gasteiger partial charge in [0.05, 0.1) is 4.90 Å². The Labute approximate surface area is 122 Å². The smallest absolute Gasteiger partial charge is 0.241 e. The molecule has 0 saturated carbocycles. The van der Waals surface area contributed by atoms with Crippen LogP contribution in [0.15, 0.2) is 17.0 Å². The maximum absolute atomic E-state index is 12.6. The summed E-state index contributed by atoms with van der Waals surface area (Å²) in [6, 6.07) is 3.59. The highest BCUT2D eigenvalue weighted by molar-refractivity contribution is 7.89. The van der Waals surface area contributed by atoms with E-state index in [0.717, 1.165) is 49.0 Å². The Morgan fingerprint density at radius 3 is 2.85 bits per heavy atom. The summed E-state index contributed by atoms with van der Waals surface area (Å²) in [7, 11) is -3.43. The second kappa shape index (κ2) is 6.14. The van der Waals surface area contributed by atoms with Crippen molar-refractivity contribution in [1.82, 2.24) is 4.72 Å². The average Bonchev–Trinajstić information content (AvgIpc) is 2.38. The first-order valence-corrected chi connectivity index (χ1v) is 8.82. The fourth-order valence-corrected chi connectivity index (χ4v) is 4.34. The van der Waals surface area contributed by atoms with E-state index in [0.29, 0.717) is 4.90 Å². The lowest BCUT2D eigenvalue weighted by Crippen LogP contribution is -2.33. The van der Waals surface area contributed by atoms with Crippen molar-refractivity contribution in [2.24, 2.45) is 0 Å². The summed E-state index contributed by atoms with van der Waals surface area (Å²) in [4.78, 5) is 0.438. The van der Waals surface area contributed by atoms with Crippen molar-refractivity contribution in [3.63, 3.8) is 0 Å². The third-order valence-corrected chi connectivity index (χ3v) is 5.43. The van der Waals surface area contributed by atoms with E-state index in [1.165, 1.54) is 0 Å². The van der Waals surface area contributed by atoms with Gasteiger partial charge >= 0.3 is 0 Å². The van der Waals surface area contributed by atoms with Gasteiger partial charge in [-0.2, -0.15) is 0 Å². The molecule has 0 saturated heterocycles. The van der Waals surface area contributed by atoms with Gasteiger partial charge in [0.1, 0.15) is 0 Å². The molecule has 0 bridgehead atoms. The number of sulfonamides is 1. The third-order valence-electron chi connectivity index (χ3n) is 3.75. The molecule has 2 rings (SSSR count). The molecule has 5 heteroatoms. The van der Waals surface area contributed by atoms with Crippen LogP contribution in [0.5, 0.6) is 0 Å². The maximum Gasteiger partial charge on any atom is 0.241 e. The van der Waals surface area contributed by atoms with Crippen LogP contribution < -0.4 is 10.0 Å². The quantitative estimate of drug-likeness (QED) is 0.878. The van der Waals surface area contributed by atoms with Crippen molar-refractivity contribution in [2.45, 2.75) is 57.4 Å². The predicted octanol–water partition coefficient (Wildman–Crippen LogP) is 2.82. The molecule has 0 aromatic heterocycles. The topological polar surface area (TPSA) is 58.2 Å². The number of anilines is 1. The number of benzene rings is 1. The van der Waals surface area contributed by atoms with Gasteiger partial charge < -0.3 is 5.32 Å². The van der Waals surface area contributed by atoms with E-state index < -0.39 is 10.0 Å². The zero-order chi connectivity index (χ0) is 14.8. The molecule has 0 amide bonds. The van der Waals surface area contributed by atoms with Crippen LogP contribution in [-0.4, -0.2) is 21.0 Å². The van der Waals surface area contributed by atoms with Gasteiger partial charge in [0.15, 0.2) is 0 Å². The van der Waals surface area contributed by atoms with E-state index >= 15 is 0 Å². The van der Waals surface area contributed by atoms with Crippen molar-refractivity contribution < 1.29 is 8.42 Å². The molecule has 0 radical (unpaired) electrons. The molecule has 20 heavy (non-hydrogen) atoms. The van der Waals surface area contributed by atoms with Gasteiger partial charge in [-0.15, -0.1) is 0 Å². The first-order chi connectivity index (χ1) is 9.45. The minimum Gasteiger partial charge on any atom is -0.385 e. The van der Waals surface area contributed by atoms with Gasteiger partial charge in [-0.25, -0.2) is 13.1 Å². The second-order valence-corrected chi connectivity index (χ2v) is 7.26. The summed E-state index contributed by atoms with van der Waals surface area (Å²) in [5.41, 5.74) is 3.05. The summed E-state index contributed by atoms with van der Waals surface area (Å²) in [6.07, 6.45) is 3.62. The molecule has 112 valence electrons. The molecular formula is C15H24N2O2S. The van der Waals surface area contributed by atoms with Gasteiger partial charge in [0.25, 0.3) is 0 Å². The first kappa shape index (κ1) is 15.3. The van der Waals surface area contributed by atoms with Crippen LogP contribution in [0.4, 0.5) is 5.69 Å². The van der Waals surface area contributed by atoms with Crippen LogP contribution >= 0.6 is 0 Å². The minimum absolute atomic E-state index is 0.0292. The monoisotopic (exact) mass is 296 g/mol. The Kier molecular flexibility index (Phi) is 4.70. The van der Waals surface area contributed by atoms with Crippen molar-refractivity contribution in [2.75, 3.05) is 11.9 Å². The zero-order valence-electron chi connectivity index (χ0n) is 12.5. The lowest BCUT2D eigenvalue weighted by Gasteiger charge is -2.24. The largest absolute Gasteiger partial charge is 0.385 e. The molecule has 2 N–H and O–H groups in total. The van der Waals surface area contributed by atoms with Crippen molar-refractivity contribution in [1.29, 1.82) is 0 Å². The molecule has 0 fully saturated rings. The SMILES string of the molecule is CCCC(C)NS(=O)(=O)c1ccc(C)c2c1CCCN2. The lowest BCUT2D eigenvalue weighted by molar-refractivity contribution is 0.542. The molecule has 1 aliphatic rings. The number of rotatable bonds is 5. The van der Waals surface area contributed by atoms with E-state index in [1.807, 2.05) is 19.9 Å². The van der Waals surface area contributed by atoms with E-state index in [4.69, 9.17) is 0 Å². The Morgan fingerprint density at radius 2 is 2.15 bits per heavy atom. The number of hydrogen-bond donors (Lipinski definition) is 2. The van der Waals surface area contributed by atoms with Crippen molar-refractivity contribution in [3.05, 3.63) is 23.3 Å². The molecule has 1 aliphatic heterocycles. The van der Waals surface area contributed by atoms with Crippen LogP contribution in [-0.2, 0) is 16.4 Å². The van der Waals surface area contributed by atoms with Crippen molar-refractivity contribution in [3.8, 4) is 0 Å². The van der Waals surface area contributed by atoms with Crippen LogP contribution in [0, 0.1) is 6.92 Å². The van der Waals surface area contributed by atoms with Gasteiger partial charge in [0.2, 0.25) is 10.0 Å². The maximum atomic E-state index is 12.6. The predicted molar refractivity (Wildman–Crippen MR) is 82.7 cm³/mol. The molecule has 1 atom stereocenters. The molecule has 4 nitrogen and oxygen atoms in total. The Bertz CT molecular complexity index is 582. The van der Waals surface area contributed by atoms with Gasteiger partial charge in [-0.05, 0) is 50.3 Å². The summed E-state index contributed by atoms with van der Waals surface area (Å²) < 4.78 is 27.9.